The number of ketones is 2. The fraction of sp³-hybridized carbons (Fsp3) is 0.200. The second-order valence-corrected chi connectivity index (χ2v) is 5.70. The van der Waals surface area contributed by atoms with Crippen molar-refractivity contribution in [2.45, 2.75) is 0 Å². The van der Waals surface area contributed by atoms with Crippen molar-refractivity contribution in [3.63, 3.8) is 0 Å². The highest BCUT2D eigenvalue weighted by Crippen LogP contribution is 2.40. The summed E-state index contributed by atoms with van der Waals surface area (Å²) in [5.41, 5.74) is 0.478. The lowest BCUT2D eigenvalue weighted by molar-refractivity contribution is -0.110. The van der Waals surface area contributed by atoms with E-state index in [2.05, 4.69) is 0 Å². The second-order valence-electron chi connectivity index (χ2n) is 5.70. The van der Waals surface area contributed by atoms with Gasteiger partial charge in [0.05, 0.1) is 34.0 Å². The zero-order chi connectivity index (χ0) is 19.7. The lowest BCUT2D eigenvalue weighted by Gasteiger charge is -2.20. The summed E-state index contributed by atoms with van der Waals surface area (Å²) in [4.78, 5) is 25.3. The Balaban J connectivity index is 2.25. The van der Waals surface area contributed by atoms with Crippen molar-refractivity contribution in [3.8, 4) is 23.0 Å². The maximum absolute atomic E-state index is 12.7. The van der Waals surface area contributed by atoms with Crippen LogP contribution in [0.1, 0.15) is 21.5 Å². The van der Waals surface area contributed by atoms with Gasteiger partial charge in [-0.1, -0.05) is 6.07 Å². The number of benzene rings is 2. The molecule has 2 aromatic carbocycles. The molecule has 0 spiro atoms. The van der Waals surface area contributed by atoms with Gasteiger partial charge in [0, 0.05) is 11.1 Å². The smallest absolute Gasteiger partial charge is 0.237 e. The van der Waals surface area contributed by atoms with Crippen LogP contribution < -0.4 is 18.9 Å². The highest BCUT2D eigenvalue weighted by molar-refractivity contribution is 6.62. The minimum atomic E-state index is -0.820. The first-order chi connectivity index (χ1) is 13.0. The summed E-state index contributed by atoms with van der Waals surface area (Å²) >= 11 is 0. The Labute approximate surface area is 155 Å². The molecule has 0 unspecified atom stereocenters. The second kappa shape index (κ2) is 7.03. The lowest BCUT2D eigenvalue weighted by atomic mass is 9.85. The summed E-state index contributed by atoms with van der Waals surface area (Å²) in [6.07, 6.45) is 0. The molecule has 0 aliphatic heterocycles. The van der Waals surface area contributed by atoms with E-state index in [0.717, 1.165) is 0 Å². The highest BCUT2D eigenvalue weighted by atomic mass is 16.5. The predicted molar refractivity (Wildman–Crippen MR) is 97.9 cm³/mol. The van der Waals surface area contributed by atoms with Gasteiger partial charge in [0.2, 0.25) is 11.6 Å². The van der Waals surface area contributed by atoms with Crippen LogP contribution in [-0.4, -0.2) is 45.1 Å². The monoisotopic (exact) mass is 370 g/mol. The summed E-state index contributed by atoms with van der Waals surface area (Å²) in [5.74, 6) is -0.427. The van der Waals surface area contributed by atoms with Crippen molar-refractivity contribution < 1.29 is 33.6 Å². The van der Waals surface area contributed by atoms with E-state index in [4.69, 9.17) is 18.9 Å². The molecular formula is C20H18O7. The summed E-state index contributed by atoms with van der Waals surface area (Å²) in [6.45, 7) is 0. The first-order valence-corrected chi connectivity index (χ1v) is 7.97. The number of hydrogen-bond acceptors (Lipinski definition) is 7. The number of fused-ring (bicyclic) bond motifs is 1. The molecular weight excluding hydrogens is 352 g/mol. The van der Waals surface area contributed by atoms with Gasteiger partial charge in [0.15, 0.2) is 23.0 Å². The maximum Gasteiger partial charge on any atom is 0.237 e. The van der Waals surface area contributed by atoms with E-state index >= 15 is 0 Å². The first-order valence-electron chi connectivity index (χ1n) is 7.97. The quantitative estimate of drug-likeness (QED) is 0.809. The highest BCUT2D eigenvalue weighted by Gasteiger charge is 2.35. The van der Waals surface area contributed by atoms with E-state index in [-0.39, 0.29) is 22.5 Å². The van der Waals surface area contributed by atoms with Gasteiger partial charge in [-0.15, -0.1) is 0 Å². The Bertz CT molecular complexity index is 973. The standard InChI is InChI=1S/C20H18O7/c1-24-13-6-5-10(7-14(13)25-2)17-18(21)11-8-15(26-3)16(27-4)9-12(11)19(22)20(17)23/h5-9,21H,1-4H3. The molecule has 0 atom stereocenters. The van der Waals surface area contributed by atoms with Gasteiger partial charge in [0.1, 0.15) is 5.76 Å². The zero-order valence-corrected chi connectivity index (χ0v) is 15.3. The molecule has 1 N–H and O–H groups in total. The van der Waals surface area contributed by atoms with Crippen molar-refractivity contribution in [2.75, 3.05) is 28.4 Å². The number of carbonyl (C=O) groups excluding carboxylic acids is 2. The van der Waals surface area contributed by atoms with Crippen LogP contribution in [0.5, 0.6) is 23.0 Å². The number of rotatable bonds is 5. The van der Waals surface area contributed by atoms with E-state index in [1.807, 2.05) is 0 Å². The third-order valence-electron chi connectivity index (χ3n) is 4.37. The number of aliphatic hydroxyl groups excluding tert-OH is 1. The number of ether oxygens (including phenoxy) is 4. The molecule has 7 heteroatoms. The maximum atomic E-state index is 12.7. The average molecular weight is 370 g/mol. The molecule has 7 nitrogen and oxygen atoms in total. The Morgan fingerprint density at radius 1 is 0.667 bits per heavy atom. The summed E-state index contributed by atoms with van der Waals surface area (Å²) in [5, 5.41) is 10.8. The van der Waals surface area contributed by atoms with Crippen LogP contribution in [-0.2, 0) is 4.79 Å². The van der Waals surface area contributed by atoms with Crippen LogP contribution in [0.4, 0.5) is 0 Å². The predicted octanol–water partition coefficient (Wildman–Crippen LogP) is 2.91. The van der Waals surface area contributed by atoms with Crippen LogP contribution in [0.15, 0.2) is 30.3 Å². The molecule has 140 valence electrons. The van der Waals surface area contributed by atoms with Crippen molar-refractivity contribution in [3.05, 3.63) is 47.0 Å². The van der Waals surface area contributed by atoms with Crippen LogP contribution in [0.25, 0.3) is 11.3 Å². The lowest BCUT2D eigenvalue weighted by Crippen LogP contribution is -2.23. The summed E-state index contributed by atoms with van der Waals surface area (Å²) in [6, 6.07) is 7.55. The van der Waals surface area contributed by atoms with E-state index in [0.29, 0.717) is 28.6 Å². The Kier molecular flexibility index (Phi) is 4.77. The first kappa shape index (κ1) is 18.3. The van der Waals surface area contributed by atoms with Crippen LogP contribution >= 0.6 is 0 Å². The van der Waals surface area contributed by atoms with Gasteiger partial charge in [-0.25, -0.2) is 0 Å². The van der Waals surface area contributed by atoms with Gasteiger partial charge in [-0.2, -0.15) is 0 Å². The molecule has 0 saturated heterocycles. The van der Waals surface area contributed by atoms with Gasteiger partial charge in [0.25, 0.3) is 0 Å². The van der Waals surface area contributed by atoms with Crippen LogP contribution in [0.2, 0.25) is 0 Å². The third-order valence-corrected chi connectivity index (χ3v) is 4.37. The van der Waals surface area contributed by atoms with Crippen molar-refractivity contribution >= 4 is 22.9 Å². The molecule has 0 heterocycles. The molecule has 1 aliphatic rings. The fourth-order valence-electron chi connectivity index (χ4n) is 3.00. The Morgan fingerprint density at radius 2 is 1.19 bits per heavy atom. The van der Waals surface area contributed by atoms with Gasteiger partial charge in [-0.3, -0.25) is 9.59 Å². The summed E-state index contributed by atoms with van der Waals surface area (Å²) < 4.78 is 20.8. The number of carbonyl (C=O) groups is 2. The molecule has 0 saturated carbocycles. The molecule has 0 amide bonds. The van der Waals surface area contributed by atoms with E-state index < -0.39 is 11.6 Å². The van der Waals surface area contributed by atoms with Crippen molar-refractivity contribution in [1.82, 2.24) is 0 Å². The van der Waals surface area contributed by atoms with Crippen molar-refractivity contribution in [2.24, 2.45) is 0 Å². The summed E-state index contributed by atoms with van der Waals surface area (Å²) in [7, 11) is 5.80. The van der Waals surface area contributed by atoms with E-state index in [1.54, 1.807) is 12.1 Å². The van der Waals surface area contributed by atoms with Gasteiger partial charge in [-0.05, 0) is 29.8 Å². The third kappa shape index (κ3) is 2.87. The van der Waals surface area contributed by atoms with E-state index in [1.165, 1.54) is 46.6 Å². The molecule has 0 radical (unpaired) electrons. The SMILES string of the molecule is COc1ccc(C2=C(O)c3cc(OC)c(OC)cc3C(=O)C2=O)cc1OC. The van der Waals surface area contributed by atoms with Gasteiger partial charge >= 0.3 is 0 Å². The number of hydrogen-bond donors (Lipinski definition) is 1. The number of allylic oxidation sites excluding steroid dienone is 1. The van der Waals surface area contributed by atoms with E-state index in [9.17, 15) is 14.7 Å². The topological polar surface area (TPSA) is 91.3 Å². The molecule has 1 aliphatic carbocycles. The Morgan fingerprint density at radius 3 is 1.74 bits per heavy atom. The van der Waals surface area contributed by atoms with Crippen LogP contribution in [0.3, 0.4) is 0 Å². The average Bonchev–Trinajstić information content (AvgIpc) is 2.70. The molecule has 3 rings (SSSR count). The molecule has 0 fully saturated rings. The fourth-order valence-corrected chi connectivity index (χ4v) is 3.00. The van der Waals surface area contributed by atoms with Crippen molar-refractivity contribution in [1.29, 1.82) is 0 Å². The minimum absolute atomic E-state index is 0.0550. The zero-order valence-electron chi connectivity index (χ0n) is 15.3. The van der Waals surface area contributed by atoms with Gasteiger partial charge < -0.3 is 24.1 Å². The number of methoxy groups -OCH3 is 4. The number of aliphatic hydroxyl groups is 1. The molecule has 0 aromatic heterocycles. The largest absolute Gasteiger partial charge is 0.506 e. The molecule has 0 bridgehead atoms. The minimum Gasteiger partial charge on any atom is -0.506 e. The van der Waals surface area contributed by atoms with Crippen LogP contribution in [0, 0.1) is 0 Å². The number of Topliss-reactive ketones (excluding diaryl/α,β-unsaturated/α-hetero) is 2. The molecule has 27 heavy (non-hydrogen) atoms. The normalized spacial score (nSPS) is 13.3. The molecule has 2 aromatic rings. The Hall–Kier alpha value is -3.48.